The summed E-state index contributed by atoms with van der Waals surface area (Å²) in [6.45, 7) is 10.5. The number of rotatable bonds is 1. The Morgan fingerprint density at radius 2 is 1.83 bits per heavy atom. The number of aliphatic hydroxyl groups is 2. The van der Waals surface area contributed by atoms with Crippen molar-refractivity contribution in [2.75, 3.05) is 0 Å². The molecule has 0 amide bonds. The Morgan fingerprint density at radius 3 is 2.54 bits per heavy atom. The van der Waals surface area contributed by atoms with Gasteiger partial charge in [-0.2, -0.15) is 0 Å². The summed E-state index contributed by atoms with van der Waals surface area (Å²) in [7, 11) is 0. The van der Waals surface area contributed by atoms with Crippen molar-refractivity contribution < 1.29 is 29.0 Å². The maximum Gasteiger partial charge on any atom is 0.309 e. The standard InChI is InChI=1S/C28H37NO6/c1-16-8-7-9-17(2)26(32)18(3)27(33)28(5,6)24(30)15-25(31)35-22(12-10-16)20-11-13-23-21(14-20)29-19(4)34-23/h7,9-11,13-14,17-18,22,24,26,30,32H,8,12,15H2,1-6H3/b9-7+,16-10-/t17-,18+,22-,24-,26-/m0/s1. The summed E-state index contributed by atoms with van der Waals surface area (Å²) in [4.78, 5) is 30.5. The average Bonchev–Trinajstić information content (AvgIpc) is 3.18. The lowest BCUT2D eigenvalue weighted by Gasteiger charge is -2.34. The second kappa shape index (κ2) is 10.9. The Labute approximate surface area is 206 Å². The molecule has 2 heterocycles. The van der Waals surface area contributed by atoms with E-state index in [1.807, 2.05) is 50.3 Å². The highest BCUT2D eigenvalue weighted by Crippen LogP contribution is 2.33. The molecule has 3 rings (SSSR count). The number of aromatic nitrogens is 1. The molecule has 2 N–H and O–H groups in total. The van der Waals surface area contributed by atoms with Crippen molar-refractivity contribution >= 4 is 22.9 Å². The van der Waals surface area contributed by atoms with Gasteiger partial charge in [-0.3, -0.25) is 9.59 Å². The van der Waals surface area contributed by atoms with E-state index in [4.69, 9.17) is 9.15 Å². The highest BCUT2D eigenvalue weighted by atomic mass is 16.5. The molecule has 0 aliphatic carbocycles. The Balaban J connectivity index is 1.95. The first-order chi connectivity index (χ1) is 16.4. The molecule has 0 fully saturated rings. The molecule has 2 aromatic rings. The Kier molecular flexibility index (Phi) is 8.34. The fraction of sp³-hybridized carbons (Fsp3) is 0.536. The van der Waals surface area contributed by atoms with Crippen molar-refractivity contribution in [2.45, 2.75) is 79.1 Å². The van der Waals surface area contributed by atoms with Crippen LogP contribution in [0.5, 0.6) is 0 Å². The number of oxazole rings is 1. The monoisotopic (exact) mass is 483 g/mol. The number of ether oxygens (including phenoxy) is 1. The third kappa shape index (κ3) is 6.27. The van der Waals surface area contributed by atoms with E-state index in [0.717, 1.165) is 11.1 Å². The quantitative estimate of drug-likeness (QED) is 0.434. The van der Waals surface area contributed by atoms with Gasteiger partial charge in [0.05, 0.1) is 24.0 Å². The number of ketones is 1. The van der Waals surface area contributed by atoms with Gasteiger partial charge in [0.25, 0.3) is 0 Å². The lowest BCUT2D eigenvalue weighted by molar-refractivity contribution is -0.155. The summed E-state index contributed by atoms with van der Waals surface area (Å²) in [5.41, 5.74) is 1.96. The van der Waals surface area contributed by atoms with E-state index in [0.29, 0.717) is 29.8 Å². The summed E-state index contributed by atoms with van der Waals surface area (Å²) in [5.74, 6) is -1.28. The molecule has 7 heteroatoms. The number of nitrogens with zero attached hydrogens (tertiary/aromatic N) is 1. The lowest BCUT2D eigenvalue weighted by Crippen LogP contribution is -2.45. The molecule has 5 atom stereocenters. The smallest absolute Gasteiger partial charge is 0.309 e. The Bertz CT molecular complexity index is 1130. The van der Waals surface area contributed by atoms with Gasteiger partial charge in [0, 0.05) is 25.2 Å². The minimum atomic E-state index is -1.26. The Morgan fingerprint density at radius 1 is 1.11 bits per heavy atom. The van der Waals surface area contributed by atoms with Crippen molar-refractivity contribution in [3.8, 4) is 0 Å². The average molecular weight is 484 g/mol. The summed E-state index contributed by atoms with van der Waals surface area (Å²) >= 11 is 0. The summed E-state index contributed by atoms with van der Waals surface area (Å²) in [6.07, 6.45) is 3.98. The number of benzene rings is 1. The Hall–Kier alpha value is -2.77. The highest BCUT2D eigenvalue weighted by Gasteiger charge is 2.42. The van der Waals surface area contributed by atoms with Gasteiger partial charge in [0.2, 0.25) is 0 Å². The van der Waals surface area contributed by atoms with Gasteiger partial charge in [-0.25, -0.2) is 4.98 Å². The maximum atomic E-state index is 13.2. The van der Waals surface area contributed by atoms with Crippen LogP contribution >= 0.6 is 0 Å². The van der Waals surface area contributed by atoms with Gasteiger partial charge < -0.3 is 19.4 Å². The molecule has 1 aromatic carbocycles. The van der Waals surface area contributed by atoms with Crippen LogP contribution in [0.4, 0.5) is 0 Å². The number of allylic oxidation sites excluding steroid dienone is 2. The molecule has 7 nitrogen and oxygen atoms in total. The van der Waals surface area contributed by atoms with E-state index in [1.165, 1.54) is 0 Å². The van der Waals surface area contributed by atoms with Crippen LogP contribution in [-0.2, 0) is 14.3 Å². The number of Topliss-reactive ketones (excluding diaryl/α,β-unsaturated/α-hetero) is 1. The number of hydrogen-bond donors (Lipinski definition) is 2. The van der Waals surface area contributed by atoms with Crippen LogP contribution in [0.1, 0.15) is 71.4 Å². The molecule has 1 aliphatic rings. The van der Waals surface area contributed by atoms with E-state index >= 15 is 0 Å². The molecular formula is C28H37NO6. The number of carbonyl (C=O) groups excluding carboxylic acids is 2. The van der Waals surface area contributed by atoms with E-state index in [1.54, 1.807) is 27.7 Å². The SMILES string of the molecule is C/C1=C/C[C@@H](c2ccc3oc(C)nc3c2)OC(=O)C[C@H](O)C(C)(C)C(=O)[C@H](C)[C@@H](O)[C@@H](C)/C=C/C1. The number of aliphatic hydroxyl groups excluding tert-OH is 2. The topological polar surface area (TPSA) is 110 Å². The number of hydrogen-bond acceptors (Lipinski definition) is 7. The fourth-order valence-corrected chi connectivity index (χ4v) is 4.47. The summed E-state index contributed by atoms with van der Waals surface area (Å²) < 4.78 is 11.4. The van der Waals surface area contributed by atoms with Gasteiger partial charge in [-0.1, -0.05) is 57.6 Å². The molecule has 0 unspecified atom stereocenters. The van der Waals surface area contributed by atoms with E-state index in [2.05, 4.69) is 4.98 Å². The fourth-order valence-electron chi connectivity index (χ4n) is 4.47. The predicted molar refractivity (Wildman–Crippen MR) is 133 cm³/mol. The van der Waals surface area contributed by atoms with Crippen LogP contribution in [0.25, 0.3) is 11.1 Å². The number of carbonyl (C=O) groups is 2. The third-order valence-electron chi connectivity index (χ3n) is 7.02. The van der Waals surface area contributed by atoms with E-state index in [9.17, 15) is 19.8 Å². The molecule has 35 heavy (non-hydrogen) atoms. The van der Waals surface area contributed by atoms with Crippen LogP contribution in [-0.4, -0.2) is 39.2 Å². The van der Waals surface area contributed by atoms with Gasteiger partial charge >= 0.3 is 5.97 Å². The summed E-state index contributed by atoms with van der Waals surface area (Å²) in [5, 5.41) is 21.6. The van der Waals surface area contributed by atoms with Crippen molar-refractivity contribution in [3.63, 3.8) is 0 Å². The second-order valence-corrected chi connectivity index (χ2v) is 10.3. The molecule has 0 saturated heterocycles. The number of fused-ring (bicyclic) bond motifs is 1. The van der Waals surface area contributed by atoms with E-state index in [-0.39, 0.29) is 18.1 Å². The number of cyclic esters (lactones) is 1. The molecule has 1 aliphatic heterocycles. The molecule has 0 saturated carbocycles. The van der Waals surface area contributed by atoms with Crippen LogP contribution in [0.3, 0.4) is 0 Å². The zero-order chi connectivity index (χ0) is 25.9. The van der Waals surface area contributed by atoms with Crippen molar-refractivity contribution in [3.05, 3.63) is 53.5 Å². The minimum Gasteiger partial charge on any atom is -0.457 e. The third-order valence-corrected chi connectivity index (χ3v) is 7.02. The summed E-state index contributed by atoms with van der Waals surface area (Å²) in [6, 6.07) is 5.50. The predicted octanol–water partition coefficient (Wildman–Crippen LogP) is 5.00. The molecule has 0 radical (unpaired) electrons. The van der Waals surface area contributed by atoms with Crippen LogP contribution in [0.2, 0.25) is 0 Å². The molecular weight excluding hydrogens is 446 g/mol. The largest absolute Gasteiger partial charge is 0.457 e. The first kappa shape index (κ1) is 26.8. The zero-order valence-electron chi connectivity index (χ0n) is 21.4. The first-order valence-electron chi connectivity index (χ1n) is 12.2. The molecule has 0 spiro atoms. The van der Waals surface area contributed by atoms with Gasteiger partial charge in [0.1, 0.15) is 17.4 Å². The van der Waals surface area contributed by atoms with E-state index < -0.39 is 35.6 Å². The number of esters is 1. The molecule has 1 aromatic heterocycles. The lowest BCUT2D eigenvalue weighted by atomic mass is 9.73. The maximum absolute atomic E-state index is 13.2. The molecule has 190 valence electrons. The zero-order valence-corrected chi connectivity index (χ0v) is 21.4. The van der Waals surface area contributed by atoms with Crippen LogP contribution in [0.15, 0.2) is 46.4 Å². The van der Waals surface area contributed by atoms with Crippen molar-refractivity contribution in [1.82, 2.24) is 4.98 Å². The van der Waals surface area contributed by atoms with Gasteiger partial charge in [-0.15, -0.1) is 0 Å². The van der Waals surface area contributed by atoms with Crippen LogP contribution in [0, 0.1) is 24.2 Å². The van der Waals surface area contributed by atoms with Crippen molar-refractivity contribution in [2.24, 2.45) is 17.3 Å². The normalized spacial score (nSPS) is 31.5. The minimum absolute atomic E-state index is 0.238. The van der Waals surface area contributed by atoms with Gasteiger partial charge in [0.15, 0.2) is 11.5 Å². The van der Waals surface area contributed by atoms with Crippen molar-refractivity contribution in [1.29, 1.82) is 0 Å². The van der Waals surface area contributed by atoms with Crippen LogP contribution < -0.4 is 0 Å². The van der Waals surface area contributed by atoms with Gasteiger partial charge in [-0.05, 0) is 31.0 Å². The first-order valence-corrected chi connectivity index (χ1v) is 12.2. The molecule has 0 bridgehead atoms. The number of aryl methyl sites for hydroxylation is 1. The highest BCUT2D eigenvalue weighted by molar-refractivity contribution is 5.88. The second-order valence-electron chi connectivity index (χ2n) is 10.3.